The monoisotopic (exact) mass is 436 g/mol. The number of fused-ring (bicyclic) bond motifs is 3. The van der Waals surface area contributed by atoms with Crippen molar-refractivity contribution in [1.29, 1.82) is 0 Å². The zero-order valence-corrected chi connectivity index (χ0v) is 17.5. The minimum Gasteiger partial charge on any atom is -0.489 e. The predicted octanol–water partition coefficient (Wildman–Crippen LogP) is 3.22. The SMILES string of the molecule is COC(=O)C1(c2cc(F)cc(OCc3ccc4c(ccc5nnnn54)c3)c2)CCOCC1. The molecule has 0 spiro atoms. The summed E-state index contributed by atoms with van der Waals surface area (Å²) in [7, 11) is 1.35. The zero-order chi connectivity index (χ0) is 22.1. The molecular formula is C23H21FN4O4. The van der Waals surface area contributed by atoms with Gasteiger partial charge < -0.3 is 14.2 Å². The Morgan fingerprint density at radius 2 is 2.00 bits per heavy atom. The number of benzene rings is 2. The minimum absolute atomic E-state index is 0.237. The molecule has 0 bridgehead atoms. The van der Waals surface area contributed by atoms with Crippen LogP contribution in [0.5, 0.6) is 5.75 Å². The molecule has 5 rings (SSSR count). The highest BCUT2D eigenvalue weighted by Gasteiger charge is 2.43. The van der Waals surface area contributed by atoms with E-state index in [0.29, 0.717) is 43.0 Å². The fourth-order valence-corrected chi connectivity index (χ4v) is 4.27. The van der Waals surface area contributed by atoms with E-state index < -0.39 is 11.2 Å². The average molecular weight is 436 g/mol. The Morgan fingerprint density at radius 1 is 1.16 bits per heavy atom. The van der Waals surface area contributed by atoms with E-state index in [4.69, 9.17) is 14.2 Å². The van der Waals surface area contributed by atoms with Gasteiger partial charge in [-0.25, -0.2) is 4.39 Å². The van der Waals surface area contributed by atoms with Gasteiger partial charge in [0.25, 0.3) is 0 Å². The fourth-order valence-electron chi connectivity index (χ4n) is 4.27. The zero-order valence-electron chi connectivity index (χ0n) is 17.5. The van der Waals surface area contributed by atoms with Crippen LogP contribution in [0.1, 0.15) is 24.0 Å². The molecule has 32 heavy (non-hydrogen) atoms. The molecule has 1 fully saturated rings. The van der Waals surface area contributed by atoms with Crippen molar-refractivity contribution >= 4 is 22.5 Å². The number of hydrogen-bond acceptors (Lipinski definition) is 7. The summed E-state index contributed by atoms with van der Waals surface area (Å²) in [6.07, 6.45) is 0.859. The van der Waals surface area contributed by atoms with Crippen molar-refractivity contribution in [2.45, 2.75) is 24.9 Å². The van der Waals surface area contributed by atoms with Crippen molar-refractivity contribution < 1.29 is 23.4 Å². The van der Waals surface area contributed by atoms with E-state index in [1.807, 2.05) is 30.3 Å². The summed E-state index contributed by atoms with van der Waals surface area (Å²) >= 11 is 0. The normalized spacial score (nSPS) is 15.7. The maximum atomic E-state index is 14.5. The minimum atomic E-state index is -0.937. The van der Waals surface area contributed by atoms with E-state index >= 15 is 0 Å². The van der Waals surface area contributed by atoms with Crippen LogP contribution in [0.25, 0.3) is 16.6 Å². The van der Waals surface area contributed by atoms with Gasteiger partial charge in [-0.15, -0.1) is 5.10 Å². The lowest BCUT2D eigenvalue weighted by molar-refractivity contribution is -0.151. The maximum Gasteiger partial charge on any atom is 0.316 e. The summed E-state index contributed by atoms with van der Waals surface area (Å²) in [5.41, 5.74) is 2.06. The first-order chi connectivity index (χ1) is 15.6. The molecule has 0 unspecified atom stereocenters. The third-order valence-corrected chi connectivity index (χ3v) is 5.98. The molecule has 4 aromatic rings. The Balaban J connectivity index is 1.41. The molecule has 3 heterocycles. The Labute approximate surface area is 182 Å². The van der Waals surface area contributed by atoms with Crippen LogP contribution in [0.4, 0.5) is 4.39 Å². The Kier molecular flexibility index (Phi) is 5.18. The quantitative estimate of drug-likeness (QED) is 0.444. The number of aromatic nitrogens is 4. The second-order valence-corrected chi connectivity index (χ2v) is 7.83. The Morgan fingerprint density at radius 3 is 2.81 bits per heavy atom. The number of ether oxygens (including phenoxy) is 3. The van der Waals surface area contributed by atoms with Gasteiger partial charge in [0.05, 0.1) is 18.0 Å². The van der Waals surface area contributed by atoms with E-state index in [9.17, 15) is 9.18 Å². The number of hydrogen-bond donors (Lipinski definition) is 0. The molecular weight excluding hydrogens is 415 g/mol. The van der Waals surface area contributed by atoms with Crippen molar-refractivity contribution in [3.63, 3.8) is 0 Å². The molecule has 1 aliphatic heterocycles. The molecule has 0 N–H and O–H groups in total. The molecule has 1 aliphatic rings. The fraction of sp³-hybridized carbons (Fsp3) is 0.304. The van der Waals surface area contributed by atoms with Gasteiger partial charge in [0.2, 0.25) is 0 Å². The van der Waals surface area contributed by atoms with Crippen molar-refractivity contribution in [3.8, 4) is 5.75 Å². The van der Waals surface area contributed by atoms with Crippen LogP contribution >= 0.6 is 0 Å². The maximum absolute atomic E-state index is 14.5. The third kappa shape index (κ3) is 3.54. The predicted molar refractivity (Wildman–Crippen MR) is 113 cm³/mol. The smallest absolute Gasteiger partial charge is 0.316 e. The summed E-state index contributed by atoms with van der Waals surface area (Å²) in [5.74, 6) is -0.501. The highest BCUT2D eigenvalue weighted by molar-refractivity contribution is 5.83. The Bertz CT molecular complexity index is 1300. The summed E-state index contributed by atoms with van der Waals surface area (Å²) in [4.78, 5) is 12.6. The number of methoxy groups -OCH3 is 1. The summed E-state index contributed by atoms with van der Waals surface area (Å²) in [6.45, 7) is 1.06. The number of carbonyl (C=O) groups excluding carboxylic acids is 1. The Hall–Kier alpha value is -3.59. The second-order valence-electron chi connectivity index (χ2n) is 7.83. The molecule has 0 amide bonds. The summed E-state index contributed by atoms with van der Waals surface area (Å²) in [6, 6.07) is 14.0. The van der Waals surface area contributed by atoms with Gasteiger partial charge in [-0.1, -0.05) is 6.07 Å². The molecule has 0 radical (unpaired) electrons. The van der Waals surface area contributed by atoms with Crippen molar-refractivity contribution in [2.24, 2.45) is 0 Å². The van der Waals surface area contributed by atoms with Crippen LogP contribution in [-0.2, 0) is 26.3 Å². The van der Waals surface area contributed by atoms with E-state index in [-0.39, 0.29) is 12.6 Å². The van der Waals surface area contributed by atoms with Crippen LogP contribution in [0, 0.1) is 5.82 Å². The lowest BCUT2D eigenvalue weighted by Gasteiger charge is -2.35. The second kappa shape index (κ2) is 8.16. The van der Waals surface area contributed by atoms with Gasteiger partial charge in [-0.2, -0.15) is 4.52 Å². The van der Waals surface area contributed by atoms with Gasteiger partial charge in [-0.3, -0.25) is 4.79 Å². The molecule has 0 aliphatic carbocycles. The van der Waals surface area contributed by atoms with Crippen LogP contribution in [-0.4, -0.2) is 46.3 Å². The van der Waals surface area contributed by atoms with E-state index in [0.717, 1.165) is 16.5 Å². The van der Waals surface area contributed by atoms with Crippen molar-refractivity contribution in [2.75, 3.05) is 20.3 Å². The van der Waals surface area contributed by atoms with Crippen LogP contribution < -0.4 is 4.74 Å². The van der Waals surface area contributed by atoms with Gasteiger partial charge in [0.15, 0.2) is 5.65 Å². The summed E-state index contributed by atoms with van der Waals surface area (Å²) < 4.78 is 32.5. The van der Waals surface area contributed by atoms with E-state index in [1.165, 1.54) is 19.2 Å². The number of carbonyl (C=O) groups is 1. The van der Waals surface area contributed by atoms with Crippen LogP contribution in [0.3, 0.4) is 0 Å². The molecule has 2 aromatic carbocycles. The molecule has 9 heteroatoms. The number of tetrazole rings is 1. The number of halogens is 1. The number of nitrogens with zero attached hydrogens (tertiary/aromatic N) is 4. The third-order valence-electron chi connectivity index (χ3n) is 5.98. The largest absolute Gasteiger partial charge is 0.489 e. The number of esters is 1. The first-order valence-electron chi connectivity index (χ1n) is 10.3. The first kappa shape index (κ1) is 20.3. The molecule has 1 saturated heterocycles. The highest BCUT2D eigenvalue weighted by atomic mass is 19.1. The lowest BCUT2D eigenvalue weighted by Crippen LogP contribution is -2.42. The lowest BCUT2D eigenvalue weighted by atomic mass is 9.74. The first-order valence-corrected chi connectivity index (χ1v) is 10.3. The topological polar surface area (TPSA) is 87.8 Å². The van der Waals surface area contributed by atoms with Gasteiger partial charge in [-0.05, 0) is 70.8 Å². The molecule has 8 nitrogen and oxygen atoms in total. The average Bonchev–Trinajstić information content (AvgIpc) is 3.31. The van der Waals surface area contributed by atoms with Crippen LogP contribution in [0.15, 0.2) is 48.5 Å². The van der Waals surface area contributed by atoms with Gasteiger partial charge in [0.1, 0.15) is 18.2 Å². The van der Waals surface area contributed by atoms with Crippen molar-refractivity contribution in [1.82, 2.24) is 20.0 Å². The van der Waals surface area contributed by atoms with Crippen molar-refractivity contribution in [3.05, 3.63) is 65.5 Å². The molecule has 0 saturated carbocycles. The van der Waals surface area contributed by atoms with Gasteiger partial charge in [0, 0.05) is 24.7 Å². The summed E-state index contributed by atoms with van der Waals surface area (Å²) in [5, 5.41) is 12.6. The standard InChI is InChI=1S/C23H21FN4O4/c1-30-22(29)23(6-8-31-9-7-23)17-11-18(24)13-19(12-17)32-14-15-2-4-20-16(10-15)3-5-21-25-26-27-28(20)21/h2-5,10-13H,6-9,14H2,1H3. The van der Waals surface area contributed by atoms with Crippen LogP contribution in [0.2, 0.25) is 0 Å². The number of rotatable bonds is 5. The molecule has 164 valence electrons. The molecule has 2 aromatic heterocycles. The van der Waals surface area contributed by atoms with E-state index in [2.05, 4.69) is 15.5 Å². The number of pyridine rings is 1. The highest BCUT2D eigenvalue weighted by Crippen LogP contribution is 2.38. The van der Waals surface area contributed by atoms with E-state index in [1.54, 1.807) is 10.6 Å². The van der Waals surface area contributed by atoms with Gasteiger partial charge >= 0.3 is 5.97 Å². The molecule has 0 atom stereocenters.